The molecule has 0 aliphatic heterocycles. The zero-order valence-electron chi connectivity index (χ0n) is 12.5. The molecule has 0 radical (unpaired) electrons. The summed E-state index contributed by atoms with van der Waals surface area (Å²) in [6.07, 6.45) is 0. The van der Waals surface area contributed by atoms with Gasteiger partial charge in [0.05, 0.1) is 0 Å². The molecule has 0 bridgehead atoms. The molecule has 0 aromatic heterocycles. The number of benzene rings is 2. The molecule has 1 amide bonds. The largest absolute Gasteiger partial charge is 0.399 e. The molecule has 2 rings (SSSR count). The first-order valence-electron chi connectivity index (χ1n) is 6.95. The number of nitrogens with zero attached hydrogens (tertiary/aromatic N) is 2. The number of nitrogens with two attached hydrogens (primary N) is 1. The number of hydrogen-bond donors (Lipinski definition) is 1. The molecule has 2 N–H and O–H groups in total. The van der Waals surface area contributed by atoms with Crippen LogP contribution in [-0.2, 0) is 0 Å². The summed E-state index contributed by atoms with van der Waals surface area (Å²) in [6.45, 7) is 1.42. The summed E-state index contributed by atoms with van der Waals surface area (Å²) < 4.78 is 0. The van der Waals surface area contributed by atoms with E-state index in [-0.39, 0.29) is 5.91 Å². The van der Waals surface area contributed by atoms with Crippen LogP contribution in [0.15, 0.2) is 54.6 Å². The summed E-state index contributed by atoms with van der Waals surface area (Å²) in [5, 5.41) is 0. The van der Waals surface area contributed by atoms with Crippen molar-refractivity contribution in [1.29, 1.82) is 0 Å². The Morgan fingerprint density at radius 1 is 0.952 bits per heavy atom. The standard InChI is InChI=1S/C17H21N3O/c1-19(2)12-13-20(16-10-8-15(18)9-11-16)17(21)14-6-4-3-5-7-14/h3-11H,12-13,18H2,1-2H3. The lowest BCUT2D eigenvalue weighted by molar-refractivity contribution is 0.0985. The topological polar surface area (TPSA) is 49.6 Å². The van der Waals surface area contributed by atoms with Crippen molar-refractivity contribution in [2.45, 2.75) is 0 Å². The van der Waals surface area contributed by atoms with Crippen molar-refractivity contribution in [2.75, 3.05) is 37.8 Å². The summed E-state index contributed by atoms with van der Waals surface area (Å²) in [5.41, 5.74) is 7.97. The molecule has 2 aromatic carbocycles. The number of carbonyl (C=O) groups is 1. The minimum absolute atomic E-state index is 0.00206. The van der Waals surface area contributed by atoms with E-state index in [1.165, 1.54) is 0 Å². The zero-order chi connectivity index (χ0) is 15.2. The van der Waals surface area contributed by atoms with E-state index in [0.29, 0.717) is 17.8 Å². The number of hydrogen-bond acceptors (Lipinski definition) is 3. The van der Waals surface area contributed by atoms with E-state index >= 15 is 0 Å². The van der Waals surface area contributed by atoms with Crippen LogP contribution >= 0.6 is 0 Å². The van der Waals surface area contributed by atoms with Crippen LogP contribution in [0.1, 0.15) is 10.4 Å². The molecule has 0 atom stereocenters. The molecule has 21 heavy (non-hydrogen) atoms. The fraction of sp³-hybridized carbons (Fsp3) is 0.235. The fourth-order valence-electron chi connectivity index (χ4n) is 2.04. The molecule has 2 aromatic rings. The highest BCUT2D eigenvalue weighted by Crippen LogP contribution is 2.19. The van der Waals surface area contributed by atoms with Gasteiger partial charge in [0.1, 0.15) is 0 Å². The average molecular weight is 283 g/mol. The second kappa shape index (κ2) is 6.90. The first kappa shape index (κ1) is 15.1. The molecule has 0 saturated carbocycles. The highest BCUT2D eigenvalue weighted by Gasteiger charge is 2.17. The Balaban J connectivity index is 2.27. The maximum Gasteiger partial charge on any atom is 0.258 e. The highest BCUT2D eigenvalue weighted by molar-refractivity contribution is 6.06. The molecule has 0 fully saturated rings. The molecule has 0 heterocycles. The van der Waals surface area contributed by atoms with Gasteiger partial charge in [0.2, 0.25) is 0 Å². The van der Waals surface area contributed by atoms with Crippen molar-refractivity contribution in [1.82, 2.24) is 4.90 Å². The van der Waals surface area contributed by atoms with Crippen LogP contribution in [-0.4, -0.2) is 38.0 Å². The molecule has 110 valence electrons. The monoisotopic (exact) mass is 283 g/mol. The van der Waals surface area contributed by atoms with Crippen molar-refractivity contribution in [3.8, 4) is 0 Å². The van der Waals surface area contributed by atoms with E-state index in [1.807, 2.05) is 68.7 Å². The number of amides is 1. The third-order valence-electron chi connectivity index (χ3n) is 3.24. The normalized spacial score (nSPS) is 10.6. The minimum Gasteiger partial charge on any atom is -0.399 e. The van der Waals surface area contributed by atoms with Crippen molar-refractivity contribution in [3.63, 3.8) is 0 Å². The Bertz CT molecular complexity index is 579. The van der Waals surface area contributed by atoms with Gasteiger partial charge in [-0.05, 0) is 50.5 Å². The van der Waals surface area contributed by atoms with E-state index < -0.39 is 0 Å². The van der Waals surface area contributed by atoms with Crippen molar-refractivity contribution in [3.05, 3.63) is 60.2 Å². The minimum atomic E-state index is 0.00206. The van der Waals surface area contributed by atoms with E-state index in [9.17, 15) is 4.79 Å². The van der Waals surface area contributed by atoms with E-state index in [2.05, 4.69) is 4.90 Å². The number of anilines is 2. The SMILES string of the molecule is CN(C)CCN(C(=O)c1ccccc1)c1ccc(N)cc1. The number of carbonyl (C=O) groups excluding carboxylic acids is 1. The Labute approximate surface area is 125 Å². The van der Waals surface area contributed by atoms with E-state index in [1.54, 1.807) is 4.90 Å². The molecule has 0 aliphatic carbocycles. The lowest BCUT2D eigenvalue weighted by Gasteiger charge is -2.24. The maximum absolute atomic E-state index is 12.7. The quantitative estimate of drug-likeness (QED) is 0.858. The zero-order valence-corrected chi connectivity index (χ0v) is 12.5. The molecule has 0 saturated heterocycles. The van der Waals surface area contributed by atoms with Gasteiger partial charge in [-0.25, -0.2) is 0 Å². The lowest BCUT2D eigenvalue weighted by atomic mass is 10.1. The second-order valence-corrected chi connectivity index (χ2v) is 5.22. The van der Waals surface area contributed by atoms with Gasteiger partial charge in [0.15, 0.2) is 0 Å². The number of likely N-dealkylation sites (N-methyl/N-ethyl adjacent to an activating group) is 1. The molecule has 0 aliphatic rings. The molecule has 0 unspecified atom stereocenters. The van der Waals surface area contributed by atoms with Crippen LogP contribution in [0.3, 0.4) is 0 Å². The van der Waals surface area contributed by atoms with Crippen LogP contribution in [0, 0.1) is 0 Å². The van der Waals surface area contributed by atoms with Crippen molar-refractivity contribution in [2.24, 2.45) is 0 Å². The first-order valence-corrected chi connectivity index (χ1v) is 6.95. The van der Waals surface area contributed by atoms with Crippen LogP contribution in [0.4, 0.5) is 11.4 Å². The Morgan fingerprint density at radius 2 is 1.57 bits per heavy atom. The van der Waals surface area contributed by atoms with Gasteiger partial charge < -0.3 is 15.5 Å². The third-order valence-corrected chi connectivity index (χ3v) is 3.24. The second-order valence-electron chi connectivity index (χ2n) is 5.22. The van der Waals surface area contributed by atoms with E-state index in [0.717, 1.165) is 12.2 Å². The number of nitrogen functional groups attached to an aromatic ring is 1. The molecule has 4 heteroatoms. The summed E-state index contributed by atoms with van der Waals surface area (Å²) in [4.78, 5) is 16.6. The Kier molecular flexibility index (Phi) is 4.95. The van der Waals surface area contributed by atoms with Crippen molar-refractivity contribution < 1.29 is 4.79 Å². The first-order chi connectivity index (χ1) is 10.1. The fourth-order valence-corrected chi connectivity index (χ4v) is 2.04. The summed E-state index contributed by atoms with van der Waals surface area (Å²) in [6, 6.07) is 16.7. The van der Waals surface area contributed by atoms with E-state index in [4.69, 9.17) is 5.73 Å². The average Bonchev–Trinajstić information content (AvgIpc) is 2.49. The predicted molar refractivity (Wildman–Crippen MR) is 87.5 cm³/mol. The Morgan fingerprint density at radius 3 is 2.14 bits per heavy atom. The molecule has 4 nitrogen and oxygen atoms in total. The molecule has 0 spiro atoms. The third kappa shape index (κ3) is 4.07. The van der Waals surface area contributed by atoms with Crippen molar-refractivity contribution >= 4 is 17.3 Å². The van der Waals surface area contributed by atoms with Gasteiger partial charge in [-0.2, -0.15) is 0 Å². The smallest absolute Gasteiger partial charge is 0.258 e. The summed E-state index contributed by atoms with van der Waals surface area (Å²) in [7, 11) is 3.99. The van der Waals surface area contributed by atoms with Crippen LogP contribution in [0.2, 0.25) is 0 Å². The van der Waals surface area contributed by atoms with Gasteiger partial charge in [-0.15, -0.1) is 0 Å². The van der Waals surface area contributed by atoms with Gasteiger partial charge in [0, 0.05) is 30.0 Å². The van der Waals surface area contributed by atoms with Crippen LogP contribution in [0.25, 0.3) is 0 Å². The van der Waals surface area contributed by atoms with Gasteiger partial charge in [-0.1, -0.05) is 18.2 Å². The van der Waals surface area contributed by atoms with Crippen LogP contribution < -0.4 is 10.6 Å². The highest BCUT2D eigenvalue weighted by atomic mass is 16.2. The van der Waals surface area contributed by atoms with Gasteiger partial charge >= 0.3 is 0 Å². The Hall–Kier alpha value is -2.33. The van der Waals surface area contributed by atoms with Crippen LogP contribution in [0.5, 0.6) is 0 Å². The molecular formula is C17H21N3O. The summed E-state index contributed by atoms with van der Waals surface area (Å²) in [5.74, 6) is 0.00206. The van der Waals surface area contributed by atoms with Gasteiger partial charge in [0.25, 0.3) is 5.91 Å². The summed E-state index contributed by atoms with van der Waals surface area (Å²) >= 11 is 0. The molecular weight excluding hydrogens is 262 g/mol. The maximum atomic E-state index is 12.7. The lowest BCUT2D eigenvalue weighted by Crippen LogP contribution is -2.36. The number of rotatable bonds is 5. The van der Waals surface area contributed by atoms with Gasteiger partial charge in [-0.3, -0.25) is 4.79 Å². The predicted octanol–water partition coefficient (Wildman–Crippen LogP) is 2.48.